The fourth-order valence-corrected chi connectivity index (χ4v) is 2.21. The molecule has 1 aromatic carbocycles. The van der Waals surface area contributed by atoms with Crippen molar-refractivity contribution in [1.82, 2.24) is 19.8 Å². The third kappa shape index (κ3) is 3.54. The zero-order valence-corrected chi connectivity index (χ0v) is 12.5. The molecule has 0 aliphatic carbocycles. The molecule has 0 aliphatic rings. The lowest BCUT2D eigenvalue weighted by Gasteiger charge is -2.13. The average molecular weight is 378 g/mol. The monoisotopic (exact) mass is 378 g/mol. The van der Waals surface area contributed by atoms with Crippen molar-refractivity contribution >= 4 is 5.65 Å². The highest BCUT2D eigenvalue weighted by molar-refractivity contribution is 5.63. The third-order valence-corrected chi connectivity index (χ3v) is 3.27. The van der Waals surface area contributed by atoms with E-state index in [4.69, 9.17) is 0 Å². The van der Waals surface area contributed by atoms with Crippen LogP contribution in [-0.4, -0.2) is 31.3 Å². The van der Waals surface area contributed by atoms with E-state index in [2.05, 4.69) is 20.0 Å². The molecule has 3 aromatic rings. The Morgan fingerprint density at radius 1 is 1.00 bits per heavy atom. The van der Waals surface area contributed by atoms with Crippen LogP contribution in [0.2, 0.25) is 0 Å². The number of ether oxygens (including phenoxy) is 1. The fourth-order valence-electron chi connectivity index (χ4n) is 2.21. The number of aliphatic hydroxyl groups excluding tert-OH is 1. The molecule has 0 fully saturated rings. The summed E-state index contributed by atoms with van der Waals surface area (Å²) < 4.78 is 80.0. The minimum absolute atomic E-state index is 0.0102. The van der Waals surface area contributed by atoms with Crippen LogP contribution >= 0.6 is 0 Å². The first-order valence-electron chi connectivity index (χ1n) is 6.88. The normalized spacial score (nSPS) is 12.6. The SMILES string of the molecule is OCc1cc(-c2ccc3nnc(C(F)(F)F)n3n2)ccc1OC(F)(F)F. The van der Waals surface area contributed by atoms with E-state index >= 15 is 0 Å². The Hall–Kier alpha value is -2.89. The number of benzene rings is 1. The molecule has 2 heterocycles. The molecule has 0 bridgehead atoms. The molecule has 0 aliphatic heterocycles. The summed E-state index contributed by atoms with van der Waals surface area (Å²) in [5, 5.41) is 19.4. The van der Waals surface area contributed by atoms with Crippen molar-refractivity contribution in [2.45, 2.75) is 19.1 Å². The second-order valence-corrected chi connectivity index (χ2v) is 5.04. The van der Waals surface area contributed by atoms with Gasteiger partial charge in [0.05, 0.1) is 12.3 Å². The molecule has 2 aromatic heterocycles. The lowest BCUT2D eigenvalue weighted by atomic mass is 10.1. The van der Waals surface area contributed by atoms with E-state index in [-0.39, 0.29) is 22.5 Å². The first-order valence-corrected chi connectivity index (χ1v) is 6.88. The number of rotatable bonds is 3. The molecular weight excluding hydrogens is 370 g/mol. The van der Waals surface area contributed by atoms with Gasteiger partial charge in [-0.2, -0.15) is 22.8 Å². The third-order valence-electron chi connectivity index (χ3n) is 3.27. The van der Waals surface area contributed by atoms with E-state index in [0.29, 0.717) is 4.52 Å². The molecule has 6 nitrogen and oxygen atoms in total. The van der Waals surface area contributed by atoms with E-state index in [1.807, 2.05) is 0 Å². The van der Waals surface area contributed by atoms with E-state index in [1.54, 1.807) is 0 Å². The van der Waals surface area contributed by atoms with E-state index < -0.39 is 30.7 Å². The van der Waals surface area contributed by atoms with Crippen molar-refractivity contribution in [1.29, 1.82) is 0 Å². The van der Waals surface area contributed by atoms with E-state index in [1.165, 1.54) is 18.2 Å². The molecule has 0 unspecified atom stereocenters. The largest absolute Gasteiger partial charge is 0.573 e. The number of aliphatic hydroxyl groups is 1. The predicted molar refractivity (Wildman–Crippen MR) is 73.8 cm³/mol. The van der Waals surface area contributed by atoms with Crippen molar-refractivity contribution in [3.8, 4) is 17.0 Å². The van der Waals surface area contributed by atoms with Crippen LogP contribution in [0.4, 0.5) is 26.3 Å². The Balaban J connectivity index is 2.06. The van der Waals surface area contributed by atoms with Crippen LogP contribution in [0.3, 0.4) is 0 Å². The Morgan fingerprint density at radius 3 is 2.35 bits per heavy atom. The second kappa shape index (κ2) is 6.12. The Labute approximate surface area is 140 Å². The summed E-state index contributed by atoms with van der Waals surface area (Å²) in [5.74, 6) is -1.96. The van der Waals surface area contributed by atoms with Crippen molar-refractivity contribution in [3.63, 3.8) is 0 Å². The molecule has 0 atom stereocenters. The first kappa shape index (κ1) is 17.9. The number of hydrogen-bond acceptors (Lipinski definition) is 5. The highest BCUT2D eigenvalue weighted by Gasteiger charge is 2.37. The maximum absolute atomic E-state index is 12.9. The van der Waals surface area contributed by atoms with Gasteiger partial charge in [-0.15, -0.1) is 23.4 Å². The minimum atomic E-state index is -4.95. The smallest absolute Gasteiger partial charge is 0.405 e. The van der Waals surface area contributed by atoms with Gasteiger partial charge in [0.15, 0.2) is 5.65 Å². The highest BCUT2D eigenvalue weighted by Crippen LogP contribution is 2.31. The molecule has 0 spiro atoms. The summed E-state index contributed by atoms with van der Waals surface area (Å²) in [6.07, 6.45) is -9.74. The van der Waals surface area contributed by atoms with Crippen LogP contribution in [0.25, 0.3) is 16.9 Å². The van der Waals surface area contributed by atoms with Gasteiger partial charge in [0.25, 0.3) is 5.82 Å². The predicted octanol–water partition coefficient (Wildman–Crippen LogP) is 3.20. The molecular formula is C14H8F6N4O2. The molecule has 12 heteroatoms. The minimum Gasteiger partial charge on any atom is -0.405 e. The van der Waals surface area contributed by atoms with Crippen LogP contribution in [0.5, 0.6) is 5.75 Å². The molecule has 0 saturated heterocycles. The Bertz CT molecular complexity index is 951. The molecule has 138 valence electrons. The van der Waals surface area contributed by atoms with Crippen LogP contribution < -0.4 is 4.74 Å². The quantitative estimate of drug-likeness (QED) is 0.709. The number of alkyl halides is 6. The number of nitrogens with zero attached hydrogens (tertiary/aromatic N) is 4. The molecule has 0 radical (unpaired) electrons. The van der Waals surface area contributed by atoms with Crippen molar-refractivity contribution < 1.29 is 36.2 Å². The zero-order valence-electron chi connectivity index (χ0n) is 12.5. The standard InChI is InChI=1S/C14H8F6N4O2/c15-13(16,17)12-22-21-11-4-2-9(23-24(11)12)7-1-3-10(8(5-7)6-25)26-14(18,19)20/h1-5,25H,6H2. The van der Waals surface area contributed by atoms with Gasteiger partial charge < -0.3 is 9.84 Å². The van der Waals surface area contributed by atoms with Crippen molar-refractivity contribution in [2.75, 3.05) is 0 Å². The summed E-state index contributed by atoms with van der Waals surface area (Å²) in [4.78, 5) is 0. The topological polar surface area (TPSA) is 72.5 Å². The highest BCUT2D eigenvalue weighted by atomic mass is 19.4. The van der Waals surface area contributed by atoms with Crippen molar-refractivity contribution in [2.24, 2.45) is 0 Å². The number of aromatic nitrogens is 4. The van der Waals surface area contributed by atoms with Crippen LogP contribution in [0.1, 0.15) is 11.4 Å². The average Bonchev–Trinajstić information content (AvgIpc) is 2.97. The number of hydrogen-bond donors (Lipinski definition) is 1. The maximum atomic E-state index is 12.9. The van der Waals surface area contributed by atoms with Gasteiger partial charge in [0, 0.05) is 11.1 Å². The van der Waals surface area contributed by atoms with Gasteiger partial charge in [-0.1, -0.05) is 0 Å². The van der Waals surface area contributed by atoms with E-state index in [0.717, 1.165) is 12.1 Å². The molecule has 0 amide bonds. The summed E-state index contributed by atoms with van der Waals surface area (Å²) >= 11 is 0. The Kier molecular flexibility index (Phi) is 4.22. The van der Waals surface area contributed by atoms with Crippen LogP contribution in [0.15, 0.2) is 30.3 Å². The van der Waals surface area contributed by atoms with E-state index in [9.17, 15) is 31.4 Å². The molecule has 3 rings (SSSR count). The summed E-state index contributed by atoms with van der Waals surface area (Å²) in [6, 6.07) is 5.80. The number of halogens is 6. The van der Waals surface area contributed by atoms with Gasteiger partial charge in [0.2, 0.25) is 0 Å². The fraction of sp³-hybridized carbons (Fsp3) is 0.214. The van der Waals surface area contributed by atoms with Crippen LogP contribution in [-0.2, 0) is 12.8 Å². The van der Waals surface area contributed by atoms with Gasteiger partial charge in [-0.3, -0.25) is 0 Å². The summed E-state index contributed by atoms with van der Waals surface area (Å²) in [6.45, 7) is -0.776. The lowest BCUT2D eigenvalue weighted by molar-refractivity contribution is -0.275. The Morgan fingerprint density at radius 2 is 1.73 bits per heavy atom. The number of fused-ring (bicyclic) bond motifs is 1. The second-order valence-electron chi connectivity index (χ2n) is 5.04. The maximum Gasteiger partial charge on any atom is 0.573 e. The molecule has 26 heavy (non-hydrogen) atoms. The van der Waals surface area contributed by atoms with Gasteiger partial charge in [-0.05, 0) is 30.3 Å². The van der Waals surface area contributed by atoms with Gasteiger partial charge >= 0.3 is 12.5 Å². The summed E-state index contributed by atoms with van der Waals surface area (Å²) in [5.41, 5.74) is -0.176. The van der Waals surface area contributed by atoms with Crippen molar-refractivity contribution in [3.05, 3.63) is 41.7 Å². The van der Waals surface area contributed by atoms with Gasteiger partial charge in [-0.25, -0.2) is 0 Å². The summed E-state index contributed by atoms with van der Waals surface area (Å²) in [7, 11) is 0. The first-order chi connectivity index (χ1) is 12.1. The van der Waals surface area contributed by atoms with Crippen LogP contribution in [0, 0.1) is 0 Å². The molecule has 1 N–H and O–H groups in total. The molecule has 0 saturated carbocycles. The lowest BCUT2D eigenvalue weighted by Crippen LogP contribution is -2.18. The zero-order chi connectivity index (χ0) is 19.1. The van der Waals surface area contributed by atoms with Gasteiger partial charge in [0.1, 0.15) is 5.75 Å².